The number of hydrogen-bond donors (Lipinski definition) is 1. The van der Waals surface area contributed by atoms with Crippen molar-refractivity contribution in [3.63, 3.8) is 0 Å². The zero-order chi connectivity index (χ0) is 23.9. The Kier molecular flexibility index (Phi) is 6.80. The van der Waals surface area contributed by atoms with Crippen molar-refractivity contribution in [1.29, 1.82) is 0 Å². The van der Waals surface area contributed by atoms with Crippen LogP contribution in [0.25, 0.3) is 16.9 Å². The van der Waals surface area contributed by atoms with E-state index in [1.165, 1.54) is 0 Å². The van der Waals surface area contributed by atoms with Crippen molar-refractivity contribution < 1.29 is 19.0 Å². The smallest absolute Gasteiger partial charge is 0.259 e. The van der Waals surface area contributed by atoms with Gasteiger partial charge >= 0.3 is 0 Å². The minimum atomic E-state index is -0.337. The molecule has 1 heterocycles. The largest absolute Gasteiger partial charge is 0.497 e. The van der Waals surface area contributed by atoms with Crippen LogP contribution >= 0.6 is 0 Å². The second-order valence-electron chi connectivity index (χ2n) is 7.21. The summed E-state index contributed by atoms with van der Waals surface area (Å²) in [6.45, 7) is 0.140. The van der Waals surface area contributed by atoms with Crippen molar-refractivity contribution in [1.82, 2.24) is 9.78 Å². The fourth-order valence-corrected chi connectivity index (χ4v) is 3.44. The molecule has 0 radical (unpaired) electrons. The molecule has 0 aliphatic rings. The summed E-state index contributed by atoms with van der Waals surface area (Å²) in [5.74, 6) is 3.83. The van der Waals surface area contributed by atoms with E-state index in [4.69, 9.17) is 25.7 Å². The molecule has 1 N–H and O–H groups in total. The van der Waals surface area contributed by atoms with Gasteiger partial charge in [-0.25, -0.2) is 4.68 Å². The standard InChI is InChI=1S/C27H23N3O4/c1-4-15-34-22-12-8-9-19(16-22)28-27(31)24-18-30(20-10-6-5-7-11-20)29-26(24)23-17-21(32-2)13-14-25(23)33-3/h1,5-14,16-18H,15H2,2-3H3,(H,28,31). The van der Waals surface area contributed by atoms with E-state index < -0.39 is 0 Å². The number of benzene rings is 3. The molecule has 0 bridgehead atoms. The van der Waals surface area contributed by atoms with Crippen LogP contribution in [0.1, 0.15) is 10.4 Å². The number of hydrogen-bond acceptors (Lipinski definition) is 5. The summed E-state index contributed by atoms with van der Waals surface area (Å²) < 4.78 is 18.1. The van der Waals surface area contributed by atoms with E-state index in [0.717, 1.165) is 5.69 Å². The van der Waals surface area contributed by atoms with Gasteiger partial charge in [0.2, 0.25) is 0 Å². The number of ether oxygens (including phenoxy) is 3. The molecule has 0 atom stereocenters. The van der Waals surface area contributed by atoms with Crippen LogP contribution in [0.3, 0.4) is 0 Å². The molecular formula is C27H23N3O4. The van der Waals surface area contributed by atoms with Crippen LogP contribution < -0.4 is 19.5 Å². The number of carbonyl (C=O) groups excluding carboxylic acids is 1. The zero-order valence-electron chi connectivity index (χ0n) is 18.8. The molecule has 0 aliphatic heterocycles. The third-order valence-corrected chi connectivity index (χ3v) is 5.06. The Labute approximate surface area is 197 Å². The number of nitrogens with zero attached hydrogens (tertiary/aromatic N) is 2. The monoisotopic (exact) mass is 453 g/mol. The maximum atomic E-state index is 13.4. The first-order valence-electron chi connectivity index (χ1n) is 10.5. The average molecular weight is 453 g/mol. The predicted octanol–water partition coefficient (Wildman–Crippen LogP) is 4.82. The number of terminal acetylenes is 1. The molecule has 7 heteroatoms. The zero-order valence-corrected chi connectivity index (χ0v) is 18.8. The minimum Gasteiger partial charge on any atom is -0.497 e. The SMILES string of the molecule is C#CCOc1cccc(NC(=O)c2cn(-c3ccccc3)nc2-c2cc(OC)ccc2OC)c1. The van der Waals surface area contributed by atoms with Crippen LogP contribution in [0.15, 0.2) is 79.0 Å². The highest BCUT2D eigenvalue weighted by Crippen LogP contribution is 2.35. The van der Waals surface area contributed by atoms with Crippen LogP contribution in [0.4, 0.5) is 5.69 Å². The lowest BCUT2D eigenvalue weighted by molar-refractivity contribution is 0.102. The molecule has 4 aromatic rings. The highest BCUT2D eigenvalue weighted by Gasteiger charge is 2.22. The first-order chi connectivity index (χ1) is 16.6. The van der Waals surface area contributed by atoms with E-state index in [-0.39, 0.29) is 12.5 Å². The Bertz CT molecular complexity index is 1340. The van der Waals surface area contributed by atoms with Crippen molar-refractivity contribution in [2.24, 2.45) is 0 Å². The van der Waals surface area contributed by atoms with Gasteiger partial charge < -0.3 is 19.5 Å². The first-order valence-corrected chi connectivity index (χ1v) is 10.5. The highest BCUT2D eigenvalue weighted by atomic mass is 16.5. The second-order valence-corrected chi connectivity index (χ2v) is 7.21. The Morgan fingerprint density at radius 1 is 1.00 bits per heavy atom. The van der Waals surface area contributed by atoms with Crippen LogP contribution in [-0.2, 0) is 0 Å². The number of aromatic nitrogens is 2. The van der Waals surface area contributed by atoms with Crippen molar-refractivity contribution >= 4 is 11.6 Å². The van der Waals surface area contributed by atoms with Gasteiger partial charge in [0.25, 0.3) is 5.91 Å². The van der Waals surface area contributed by atoms with Gasteiger partial charge in [0.1, 0.15) is 29.5 Å². The Morgan fingerprint density at radius 2 is 1.82 bits per heavy atom. The number of anilines is 1. The summed E-state index contributed by atoms with van der Waals surface area (Å²) in [5, 5.41) is 7.65. The summed E-state index contributed by atoms with van der Waals surface area (Å²) in [6.07, 6.45) is 6.96. The molecule has 0 fully saturated rings. The van der Waals surface area contributed by atoms with Crippen LogP contribution in [-0.4, -0.2) is 36.5 Å². The third kappa shape index (κ3) is 4.87. The molecule has 34 heavy (non-hydrogen) atoms. The normalized spacial score (nSPS) is 10.3. The quantitative estimate of drug-likeness (QED) is 0.387. The summed E-state index contributed by atoms with van der Waals surface area (Å²) in [4.78, 5) is 13.4. The molecule has 0 saturated heterocycles. The lowest BCUT2D eigenvalue weighted by atomic mass is 10.1. The molecule has 170 valence electrons. The van der Waals surface area contributed by atoms with Crippen molar-refractivity contribution in [2.45, 2.75) is 0 Å². The number of rotatable bonds is 8. The second kappa shape index (κ2) is 10.3. The summed E-state index contributed by atoms with van der Waals surface area (Å²) in [6, 6.07) is 21.9. The Morgan fingerprint density at radius 3 is 2.56 bits per heavy atom. The predicted molar refractivity (Wildman–Crippen MR) is 131 cm³/mol. The maximum absolute atomic E-state index is 13.4. The fraction of sp³-hybridized carbons (Fsp3) is 0.111. The molecule has 7 nitrogen and oxygen atoms in total. The van der Waals surface area contributed by atoms with Gasteiger partial charge in [-0.15, -0.1) is 6.42 Å². The van der Waals surface area contributed by atoms with Gasteiger partial charge in [0.05, 0.1) is 25.5 Å². The van der Waals surface area contributed by atoms with Crippen molar-refractivity contribution in [3.05, 3.63) is 84.6 Å². The van der Waals surface area contributed by atoms with Crippen LogP contribution in [0, 0.1) is 12.3 Å². The molecule has 0 saturated carbocycles. The van der Waals surface area contributed by atoms with Gasteiger partial charge in [-0.05, 0) is 42.5 Å². The molecule has 4 rings (SSSR count). The van der Waals surface area contributed by atoms with E-state index in [0.29, 0.717) is 39.8 Å². The molecule has 3 aromatic carbocycles. The Balaban J connectivity index is 1.77. The summed E-state index contributed by atoms with van der Waals surface area (Å²) in [5.41, 5.74) is 2.83. The molecule has 1 amide bonds. The van der Waals surface area contributed by atoms with Gasteiger partial charge in [-0.3, -0.25) is 4.79 Å². The van der Waals surface area contributed by atoms with E-state index >= 15 is 0 Å². The van der Waals surface area contributed by atoms with Gasteiger partial charge in [-0.2, -0.15) is 5.10 Å². The van der Waals surface area contributed by atoms with E-state index in [9.17, 15) is 4.79 Å². The molecule has 0 aliphatic carbocycles. The number of carbonyl (C=O) groups is 1. The lowest BCUT2D eigenvalue weighted by Crippen LogP contribution is -2.12. The van der Waals surface area contributed by atoms with Gasteiger partial charge in [-0.1, -0.05) is 30.2 Å². The molecule has 1 aromatic heterocycles. The maximum Gasteiger partial charge on any atom is 0.259 e. The topological polar surface area (TPSA) is 74.6 Å². The lowest BCUT2D eigenvalue weighted by Gasteiger charge is -2.11. The van der Waals surface area contributed by atoms with Gasteiger partial charge in [0, 0.05) is 23.5 Å². The molecule has 0 unspecified atom stereocenters. The molecule has 0 spiro atoms. The summed E-state index contributed by atoms with van der Waals surface area (Å²) in [7, 11) is 3.15. The average Bonchev–Trinajstić information content (AvgIpc) is 3.33. The van der Waals surface area contributed by atoms with E-state index in [2.05, 4.69) is 11.2 Å². The first kappa shape index (κ1) is 22.5. The fourth-order valence-electron chi connectivity index (χ4n) is 3.44. The van der Waals surface area contributed by atoms with Crippen LogP contribution in [0.2, 0.25) is 0 Å². The minimum absolute atomic E-state index is 0.140. The summed E-state index contributed by atoms with van der Waals surface area (Å²) >= 11 is 0. The molecular weight excluding hydrogens is 430 g/mol. The number of nitrogens with one attached hydrogen (secondary N) is 1. The number of methoxy groups -OCH3 is 2. The van der Waals surface area contributed by atoms with Crippen molar-refractivity contribution in [2.75, 3.05) is 26.1 Å². The Hall–Kier alpha value is -4.70. The van der Waals surface area contributed by atoms with Crippen molar-refractivity contribution in [3.8, 4) is 46.5 Å². The highest BCUT2D eigenvalue weighted by molar-refractivity contribution is 6.08. The van der Waals surface area contributed by atoms with E-state index in [1.807, 2.05) is 30.3 Å². The van der Waals surface area contributed by atoms with Gasteiger partial charge in [0.15, 0.2) is 0 Å². The third-order valence-electron chi connectivity index (χ3n) is 5.06. The van der Waals surface area contributed by atoms with Crippen LogP contribution in [0.5, 0.6) is 17.2 Å². The number of para-hydroxylation sites is 1. The van der Waals surface area contributed by atoms with E-state index in [1.54, 1.807) is 67.6 Å². The number of amides is 1.